The molecule has 2 unspecified atom stereocenters. The zero-order chi connectivity index (χ0) is 9.97. The van der Waals surface area contributed by atoms with Gasteiger partial charge in [0.15, 0.2) is 0 Å². The Morgan fingerprint density at radius 3 is 2.57 bits per heavy atom. The van der Waals surface area contributed by atoms with Crippen molar-refractivity contribution in [1.29, 1.82) is 0 Å². The molecule has 14 heavy (non-hydrogen) atoms. The molecule has 2 atom stereocenters. The van der Waals surface area contributed by atoms with Gasteiger partial charge in [-0.3, -0.25) is 4.79 Å². The molecule has 2 heterocycles. The van der Waals surface area contributed by atoms with Crippen molar-refractivity contribution in [2.24, 2.45) is 5.92 Å². The second-order valence-electron chi connectivity index (χ2n) is 4.75. The van der Waals surface area contributed by atoms with Crippen molar-refractivity contribution in [1.82, 2.24) is 10.6 Å². The number of fused-ring (bicyclic) bond motifs is 2. The molecule has 2 fully saturated rings. The van der Waals surface area contributed by atoms with E-state index in [-0.39, 0.29) is 5.91 Å². The average molecular weight is 196 g/mol. The van der Waals surface area contributed by atoms with Crippen molar-refractivity contribution in [3.05, 3.63) is 0 Å². The van der Waals surface area contributed by atoms with Gasteiger partial charge in [0.05, 0.1) is 0 Å². The molecule has 0 spiro atoms. The van der Waals surface area contributed by atoms with Gasteiger partial charge >= 0.3 is 0 Å². The van der Waals surface area contributed by atoms with Gasteiger partial charge in [-0.25, -0.2) is 0 Å². The zero-order valence-corrected chi connectivity index (χ0v) is 8.88. The summed E-state index contributed by atoms with van der Waals surface area (Å²) in [4.78, 5) is 10.7. The van der Waals surface area contributed by atoms with E-state index < -0.39 is 0 Å². The number of nitrogens with one attached hydrogen (secondary N) is 2. The van der Waals surface area contributed by atoms with Crippen molar-refractivity contribution < 1.29 is 4.79 Å². The van der Waals surface area contributed by atoms with Gasteiger partial charge in [0.2, 0.25) is 5.91 Å². The summed E-state index contributed by atoms with van der Waals surface area (Å²) in [7, 11) is 0. The van der Waals surface area contributed by atoms with Crippen LogP contribution in [0.4, 0.5) is 0 Å². The number of piperidine rings is 1. The molecule has 2 N–H and O–H groups in total. The first-order valence-electron chi connectivity index (χ1n) is 5.74. The van der Waals surface area contributed by atoms with Gasteiger partial charge in [-0.1, -0.05) is 0 Å². The molecule has 2 bridgehead atoms. The number of carbonyl (C=O) groups is 1. The number of carbonyl (C=O) groups excluding carboxylic acids is 1. The number of hydrogen-bond acceptors (Lipinski definition) is 2. The number of rotatable bonds is 3. The summed E-state index contributed by atoms with van der Waals surface area (Å²) in [5.74, 6) is 0.933. The highest BCUT2D eigenvalue weighted by Gasteiger charge is 2.32. The van der Waals surface area contributed by atoms with E-state index >= 15 is 0 Å². The summed E-state index contributed by atoms with van der Waals surface area (Å²) in [6.07, 6.45) is 6.52. The van der Waals surface area contributed by atoms with E-state index in [1.165, 1.54) is 25.7 Å². The van der Waals surface area contributed by atoms with E-state index in [4.69, 9.17) is 0 Å². The zero-order valence-electron chi connectivity index (χ0n) is 8.88. The minimum atomic E-state index is 0.0990. The molecule has 0 aromatic heterocycles. The van der Waals surface area contributed by atoms with Crippen molar-refractivity contribution in [2.45, 2.75) is 51.1 Å². The molecular formula is C11H20N2O. The maximum atomic E-state index is 10.7. The van der Waals surface area contributed by atoms with Crippen LogP contribution in [-0.4, -0.2) is 24.5 Å². The van der Waals surface area contributed by atoms with Gasteiger partial charge in [0.1, 0.15) is 0 Å². The molecule has 0 aromatic rings. The first-order chi connectivity index (χ1) is 6.74. The molecule has 2 saturated heterocycles. The molecular weight excluding hydrogens is 176 g/mol. The lowest BCUT2D eigenvalue weighted by atomic mass is 9.90. The third-order valence-electron chi connectivity index (χ3n) is 3.50. The molecule has 3 nitrogen and oxygen atoms in total. The van der Waals surface area contributed by atoms with Crippen LogP contribution in [0.15, 0.2) is 0 Å². The maximum Gasteiger partial charge on any atom is 0.216 e. The minimum absolute atomic E-state index is 0.0990. The van der Waals surface area contributed by atoms with E-state index in [9.17, 15) is 4.79 Å². The summed E-state index contributed by atoms with van der Waals surface area (Å²) < 4.78 is 0. The summed E-state index contributed by atoms with van der Waals surface area (Å²) in [5.41, 5.74) is 0. The van der Waals surface area contributed by atoms with E-state index in [1.807, 2.05) is 0 Å². The fourth-order valence-corrected chi connectivity index (χ4v) is 2.86. The molecule has 2 aliphatic heterocycles. The van der Waals surface area contributed by atoms with Gasteiger partial charge in [-0.15, -0.1) is 0 Å². The Balaban J connectivity index is 1.69. The molecule has 0 aromatic carbocycles. The van der Waals surface area contributed by atoms with Gasteiger partial charge in [0.25, 0.3) is 0 Å². The molecule has 0 saturated carbocycles. The highest BCUT2D eigenvalue weighted by atomic mass is 16.1. The number of hydrogen-bond donors (Lipinski definition) is 2. The highest BCUT2D eigenvalue weighted by Crippen LogP contribution is 2.32. The predicted octanol–water partition coefficient (Wildman–Crippen LogP) is 1.04. The second kappa shape index (κ2) is 4.30. The fourth-order valence-electron chi connectivity index (χ4n) is 2.86. The SMILES string of the molecule is CC(=O)NCCC1CC2CCC(C1)N2. The molecule has 0 radical (unpaired) electrons. The van der Waals surface area contributed by atoms with Gasteiger partial charge < -0.3 is 10.6 Å². The second-order valence-corrected chi connectivity index (χ2v) is 4.75. The Bertz CT molecular complexity index is 205. The summed E-state index contributed by atoms with van der Waals surface area (Å²) in [5, 5.41) is 6.52. The van der Waals surface area contributed by atoms with E-state index in [0.717, 1.165) is 31.0 Å². The van der Waals surface area contributed by atoms with Crippen molar-refractivity contribution in [3.63, 3.8) is 0 Å². The molecule has 0 aliphatic carbocycles. The Morgan fingerprint density at radius 2 is 2.00 bits per heavy atom. The Labute approximate surface area is 85.6 Å². The average Bonchev–Trinajstić information content (AvgIpc) is 2.45. The van der Waals surface area contributed by atoms with E-state index in [0.29, 0.717) is 0 Å². The normalized spacial score (nSPS) is 35.6. The Hall–Kier alpha value is -0.570. The van der Waals surface area contributed by atoms with Crippen LogP contribution in [0.5, 0.6) is 0 Å². The van der Waals surface area contributed by atoms with Crippen LogP contribution in [0, 0.1) is 5.92 Å². The maximum absolute atomic E-state index is 10.7. The lowest BCUT2D eigenvalue weighted by molar-refractivity contribution is -0.119. The third kappa shape index (κ3) is 2.47. The molecule has 2 aliphatic rings. The summed E-state index contributed by atoms with van der Waals surface area (Å²) in [6, 6.07) is 1.55. The Kier molecular flexibility index (Phi) is 3.06. The largest absolute Gasteiger partial charge is 0.356 e. The summed E-state index contributed by atoms with van der Waals surface area (Å²) >= 11 is 0. The van der Waals surface area contributed by atoms with Crippen molar-refractivity contribution in [2.75, 3.05) is 6.54 Å². The van der Waals surface area contributed by atoms with Crippen LogP contribution in [0.25, 0.3) is 0 Å². The summed E-state index contributed by atoms with van der Waals surface area (Å²) in [6.45, 7) is 2.45. The first-order valence-corrected chi connectivity index (χ1v) is 5.74. The topological polar surface area (TPSA) is 41.1 Å². The first kappa shape index (κ1) is 9.97. The van der Waals surface area contributed by atoms with Crippen LogP contribution >= 0.6 is 0 Å². The van der Waals surface area contributed by atoms with E-state index in [2.05, 4.69) is 10.6 Å². The van der Waals surface area contributed by atoms with Crippen LogP contribution < -0.4 is 10.6 Å². The van der Waals surface area contributed by atoms with E-state index in [1.54, 1.807) is 6.92 Å². The standard InChI is InChI=1S/C11H20N2O/c1-8(14)12-5-4-9-6-10-2-3-11(7-9)13-10/h9-11,13H,2-7H2,1H3,(H,12,14). The smallest absolute Gasteiger partial charge is 0.216 e. The Morgan fingerprint density at radius 1 is 1.36 bits per heavy atom. The quantitative estimate of drug-likeness (QED) is 0.708. The lowest BCUT2D eigenvalue weighted by Gasteiger charge is -2.29. The monoisotopic (exact) mass is 196 g/mol. The molecule has 3 heteroatoms. The van der Waals surface area contributed by atoms with Gasteiger partial charge in [0, 0.05) is 25.6 Å². The molecule has 80 valence electrons. The van der Waals surface area contributed by atoms with Crippen LogP contribution in [-0.2, 0) is 4.79 Å². The van der Waals surface area contributed by atoms with Crippen molar-refractivity contribution in [3.8, 4) is 0 Å². The predicted molar refractivity (Wildman–Crippen MR) is 56.0 cm³/mol. The molecule has 2 rings (SSSR count). The highest BCUT2D eigenvalue weighted by molar-refractivity contribution is 5.72. The van der Waals surface area contributed by atoms with Crippen LogP contribution in [0.3, 0.4) is 0 Å². The third-order valence-corrected chi connectivity index (χ3v) is 3.50. The van der Waals surface area contributed by atoms with Crippen LogP contribution in [0.1, 0.15) is 39.0 Å². The van der Waals surface area contributed by atoms with Gasteiger partial charge in [-0.2, -0.15) is 0 Å². The van der Waals surface area contributed by atoms with Crippen LogP contribution in [0.2, 0.25) is 0 Å². The number of amides is 1. The van der Waals surface area contributed by atoms with Gasteiger partial charge in [-0.05, 0) is 38.0 Å². The lowest BCUT2D eigenvalue weighted by Crippen LogP contribution is -2.39. The minimum Gasteiger partial charge on any atom is -0.356 e. The fraction of sp³-hybridized carbons (Fsp3) is 0.909. The van der Waals surface area contributed by atoms with Crippen molar-refractivity contribution >= 4 is 5.91 Å². The molecule has 1 amide bonds.